The summed E-state index contributed by atoms with van der Waals surface area (Å²) in [5.41, 5.74) is 1.25. The quantitative estimate of drug-likeness (QED) is 0.593. The summed E-state index contributed by atoms with van der Waals surface area (Å²) in [6.45, 7) is 0.696. The van der Waals surface area contributed by atoms with Crippen molar-refractivity contribution in [3.05, 3.63) is 48.0 Å². The monoisotopic (exact) mass is 199 g/mol. The highest BCUT2D eigenvalue weighted by Crippen LogP contribution is 2.15. The van der Waals surface area contributed by atoms with E-state index in [-0.39, 0.29) is 0 Å². The molecule has 1 N–H and O–H groups in total. The molecule has 0 unspecified atom stereocenters. The van der Waals surface area contributed by atoms with Crippen molar-refractivity contribution in [3.8, 4) is 0 Å². The highest BCUT2D eigenvalue weighted by atomic mass is 16.1. The fourth-order valence-corrected chi connectivity index (χ4v) is 1.67. The van der Waals surface area contributed by atoms with Crippen LogP contribution in [-0.4, -0.2) is 13.0 Å². The first kappa shape index (κ1) is 9.71. The lowest BCUT2D eigenvalue weighted by atomic mass is 10.1. The number of hydrogen-bond donors (Lipinski definition) is 1. The number of carbonyl (C=O) groups excluding carboxylic acids is 1. The topological polar surface area (TPSA) is 29.1 Å². The van der Waals surface area contributed by atoms with Crippen LogP contribution in [0.3, 0.4) is 0 Å². The molecular formula is C13H13NO. The Bertz CT molecular complexity index is 465. The van der Waals surface area contributed by atoms with Crippen molar-refractivity contribution in [2.24, 2.45) is 0 Å². The molecule has 0 fully saturated rings. The maximum absolute atomic E-state index is 10.1. The van der Waals surface area contributed by atoms with E-state index in [9.17, 15) is 4.79 Å². The van der Waals surface area contributed by atoms with E-state index in [4.69, 9.17) is 0 Å². The van der Waals surface area contributed by atoms with Crippen molar-refractivity contribution in [1.29, 1.82) is 0 Å². The van der Waals surface area contributed by atoms with Crippen LogP contribution >= 0.6 is 0 Å². The molecule has 2 heteroatoms. The first-order valence-corrected chi connectivity index (χ1v) is 5.05. The number of rotatable bonds is 4. The van der Waals surface area contributed by atoms with Gasteiger partial charge < -0.3 is 5.32 Å². The van der Waals surface area contributed by atoms with Crippen LogP contribution in [0.15, 0.2) is 42.5 Å². The van der Waals surface area contributed by atoms with Crippen LogP contribution in [0.1, 0.15) is 5.56 Å². The average molecular weight is 199 g/mol. The summed E-state index contributed by atoms with van der Waals surface area (Å²) in [6, 6.07) is 14.7. The van der Waals surface area contributed by atoms with Gasteiger partial charge in [-0.25, -0.2) is 0 Å². The number of hydrogen-bond acceptors (Lipinski definition) is 1. The molecule has 2 nitrogen and oxygen atoms in total. The fourth-order valence-electron chi connectivity index (χ4n) is 1.67. The summed E-state index contributed by atoms with van der Waals surface area (Å²) in [6.07, 6.45) is 1.62. The van der Waals surface area contributed by atoms with Crippen LogP contribution in [0.25, 0.3) is 10.8 Å². The number of carbonyl (C=O) groups is 1. The molecule has 0 aliphatic carbocycles. The van der Waals surface area contributed by atoms with Crippen molar-refractivity contribution in [2.45, 2.75) is 6.42 Å². The summed E-state index contributed by atoms with van der Waals surface area (Å²) in [7, 11) is 0. The summed E-state index contributed by atoms with van der Waals surface area (Å²) in [5.74, 6) is 0. The number of nitrogens with one attached hydrogen (secondary N) is 1. The van der Waals surface area contributed by atoms with Gasteiger partial charge in [0.05, 0.1) is 0 Å². The Morgan fingerprint density at radius 3 is 2.67 bits per heavy atom. The smallest absolute Gasteiger partial charge is 0.207 e. The van der Waals surface area contributed by atoms with Gasteiger partial charge in [0.1, 0.15) is 0 Å². The van der Waals surface area contributed by atoms with Gasteiger partial charge in [0.2, 0.25) is 6.41 Å². The lowest BCUT2D eigenvalue weighted by Crippen LogP contribution is -2.14. The lowest BCUT2D eigenvalue weighted by molar-refractivity contribution is -0.109. The summed E-state index contributed by atoms with van der Waals surface area (Å²) in [5, 5.41) is 5.17. The Morgan fingerprint density at radius 1 is 1.07 bits per heavy atom. The summed E-state index contributed by atoms with van der Waals surface area (Å²) >= 11 is 0. The number of fused-ring (bicyclic) bond motifs is 1. The molecule has 0 aromatic heterocycles. The van der Waals surface area contributed by atoms with Crippen molar-refractivity contribution in [1.82, 2.24) is 5.32 Å². The third-order valence-corrected chi connectivity index (χ3v) is 2.46. The molecule has 2 aromatic carbocycles. The molecule has 0 aliphatic rings. The molecule has 0 saturated heterocycles. The molecule has 0 spiro atoms. The van der Waals surface area contributed by atoms with Gasteiger partial charge in [-0.1, -0.05) is 42.5 Å². The molecule has 0 aliphatic heterocycles. The van der Waals surface area contributed by atoms with Gasteiger partial charge in [0.15, 0.2) is 0 Å². The minimum atomic E-state index is 0.696. The fraction of sp³-hybridized carbons (Fsp3) is 0.154. The maximum Gasteiger partial charge on any atom is 0.207 e. The standard InChI is InChI=1S/C13H13NO/c15-10-14-8-7-11-5-6-12-3-1-2-4-13(12)9-11/h1-6,9-10H,7-8H2,(H,14,15). The molecule has 0 saturated carbocycles. The van der Waals surface area contributed by atoms with E-state index in [2.05, 4.69) is 35.6 Å². The van der Waals surface area contributed by atoms with E-state index in [1.54, 1.807) is 0 Å². The molecule has 0 heterocycles. The van der Waals surface area contributed by atoms with Crippen molar-refractivity contribution < 1.29 is 4.79 Å². The van der Waals surface area contributed by atoms with Crippen LogP contribution in [-0.2, 0) is 11.2 Å². The minimum absolute atomic E-state index is 0.696. The van der Waals surface area contributed by atoms with E-state index in [1.165, 1.54) is 16.3 Å². The van der Waals surface area contributed by atoms with Crippen LogP contribution in [0.5, 0.6) is 0 Å². The summed E-state index contributed by atoms with van der Waals surface area (Å²) < 4.78 is 0. The number of benzene rings is 2. The Balaban J connectivity index is 2.19. The predicted molar refractivity (Wildman–Crippen MR) is 61.7 cm³/mol. The van der Waals surface area contributed by atoms with Gasteiger partial charge in [0.25, 0.3) is 0 Å². The highest BCUT2D eigenvalue weighted by Gasteiger charge is 1.95. The predicted octanol–water partition coefficient (Wildman–Crippen LogP) is 2.13. The Labute approximate surface area is 88.9 Å². The first-order valence-electron chi connectivity index (χ1n) is 5.05. The molecule has 2 rings (SSSR count). The normalized spacial score (nSPS) is 10.1. The molecule has 2 aromatic rings. The van der Waals surface area contributed by atoms with Crippen LogP contribution in [0.4, 0.5) is 0 Å². The van der Waals surface area contributed by atoms with Gasteiger partial charge in [-0.2, -0.15) is 0 Å². The zero-order valence-corrected chi connectivity index (χ0v) is 8.44. The van der Waals surface area contributed by atoms with Crippen molar-refractivity contribution in [2.75, 3.05) is 6.54 Å². The van der Waals surface area contributed by atoms with Gasteiger partial charge in [-0.15, -0.1) is 0 Å². The van der Waals surface area contributed by atoms with Gasteiger partial charge in [-0.05, 0) is 22.8 Å². The zero-order valence-electron chi connectivity index (χ0n) is 8.44. The van der Waals surface area contributed by atoms with E-state index >= 15 is 0 Å². The van der Waals surface area contributed by atoms with Crippen LogP contribution < -0.4 is 5.32 Å². The SMILES string of the molecule is O=CNCCc1ccc2ccccc2c1. The average Bonchev–Trinajstić information content (AvgIpc) is 2.29. The van der Waals surface area contributed by atoms with E-state index in [1.807, 2.05) is 12.1 Å². The van der Waals surface area contributed by atoms with E-state index in [0.717, 1.165) is 12.8 Å². The van der Waals surface area contributed by atoms with Gasteiger partial charge in [0, 0.05) is 6.54 Å². The molecule has 76 valence electrons. The molecule has 0 atom stereocenters. The van der Waals surface area contributed by atoms with Crippen LogP contribution in [0.2, 0.25) is 0 Å². The van der Waals surface area contributed by atoms with E-state index in [0.29, 0.717) is 6.54 Å². The van der Waals surface area contributed by atoms with Gasteiger partial charge in [-0.3, -0.25) is 4.79 Å². The molecule has 0 radical (unpaired) electrons. The Hall–Kier alpha value is -1.83. The maximum atomic E-state index is 10.1. The van der Waals surface area contributed by atoms with Crippen LogP contribution in [0, 0.1) is 0 Å². The Morgan fingerprint density at radius 2 is 1.87 bits per heavy atom. The first-order chi connectivity index (χ1) is 7.40. The molecular weight excluding hydrogens is 186 g/mol. The number of amides is 1. The Kier molecular flexibility index (Phi) is 2.98. The highest BCUT2D eigenvalue weighted by molar-refractivity contribution is 5.82. The third kappa shape index (κ3) is 2.34. The molecule has 15 heavy (non-hydrogen) atoms. The zero-order chi connectivity index (χ0) is 10.5. The molecule has 1 amide bonds. The minimum Gasteiger partial charge on any atom is -0.358 e. The second-order valence-corrected chi connectivity index (χ2v) is 3.50. The second kappa shape index (κ2) is 4.60. The van der Waals surface area contributed by atoms with E-state index < -0.39 is 0 Å². The third-order valence-electron chi connectivity index (χ3n) is 2.46. The van der Waals surface area contributed by atoms with Crippen molar-refractivity contribution >= 4 is 17.2 Å². The largest absolute Gasteiger partial charge is 0.358 e. The summed E-state index contributed by atoms with van der Waals surface area (Å²) in [4.78, 5) is 10.1. The van der Waals surface area contributed by atoms with Gasteiger partial charge >= 0.3 is 0 Å². The van der Waals surface area contributed by atoms with Crippen molar-refractivity contribution in [3.63, 3.8) is 0 Å². The second-order valence-electron chi connectivity index (χ2n) is 3.50. The lowest BCUT2D eigenvalue weighted by Gasteiger charge is -2.03. The molecule has 0 bridgehead atoms.